The van der Waals surface area contributed by atoms with E-state index < -0.39 is 5.91 Å². The summed E-state index contributed by atoms with van der Waals surface area (Å²) in [4.78, 5) is 18.3. The number of amidine groups is 3. The number of thioether (sulfide) groups is 2. The molecule has 0 bridgehead atoms. The van der Waals surface area contributed by atoms with Gasteiger partial charge in [0.25, 0.3) is 5.91 Å². The molecule has 29 heavy (non-hydrogen) atoms. The first-order valence-electron chi connectivity index (χ1n) is 9.89. The van der Waals surface area contributed by atoms with Gasteiger partial charge in [-0.2, -0.15) is 9.39 Å². The van der Waals surface area contributed by atoms with Crippen LogP contribution in [0.4, 0.5) is 0 Å². The summed E-state index contributed by atoms with van der Waals surface area (Å²) < 4.78 is 10.3. The van der Waals surface area contributed by atoms with Gasteiger partial charge in [0, 0.05) is 11.0 Å². The van der Waals surface area contributed by atoms with Crippen molar-refractivity contribution < 1.29 is 9.21 Å². The first kappa shape index (κ1) is 20.8. The zero-order chi connectivity index (χ0) is 20.4. The number of amides is 1. The van der Waals surface area contributed by atoms with Crippen molar-refractivity contribution in [3.63, 3.8) is 0 Å². The molecule has 6 nitrogen and oxygen atoms in total. The van der Waals surface area contributed by atoms with Crippen LogP contribution in [0.1, 0.15) is 51.7 Å². The van der Waals surface area contributed by atoms with Crippen molar-refractivity contribution in [3.05, 3.63) is 23.5 Å². The van der Waals surface area contributed by atoms with Crippen LogP contribution in [0.25, 0.3) is 6.08 Å². The molecule has 1 aliphatic carbocycles. The molecule has 0 aromatic carbocycles. The third-order valence-corrected chi connectivity index (χ3v) is 8.20. The summed E-state index contributed by atoms with van der Waals surface area (Å²) >= 11 is 4.51. The Labute approximate surface area is 183 Å². The highest BCUT2D eigenvalue weighted by Crippen LogP contribution is 2.36. The third-order valence-electron chi connectivity index (χ3n) is 4.76. The van der Waals surface area contributed by atoms with Crippen molar-refractivity contribution in [2.24, 2.45) is 15.3 Å². The molecule has 1 aromatic rings. The Morgan fingerprint density at radius 2 is 2.14 bits per heavy atom. The molecule has 3 heterocycles. The molecule has 0 atom stereocenters. The zero-order valence-electron chi connectivity index (χ0n) is 16.5. The fourth-order valence-electron chi connectivity index (χ4n) is 3.30. The average Bonchev–Trinajstić information content (AvgIpc) is 3.31. The molecule has 3 aliphatic rings. The molecular weight excluding hydrogens is 424 g/mol. The Kier molecular flexibility index (Phi) is 6.56. The number of fused-ring (bicyclic) bond motifs is 1. The van der Waals surface area contributed by atoms with Gasteiger partial charge in [-0.25, -0.2) is 4.90 Å². The smallest absolute Gasteiger partial charge is 0.283 e. The van der Waals surface area contributed by atoms with Gasteiger partial charge in [-0.05, 0) is 37.0 Å². The van der Waals surface area contributed by atoms with Crippen LogP contribution >= 0.6 is 35.5 Å². The van der Waals surface area contributed by atoms with E-state index in [9.17, 15) is 4.79 Å². The van der Waals surface area contributed by atoms with Crippen LogP contribution in [0.2, 0.25) is 0 Å². The molecule has 1 amide bonds. The lowest BCUT2D eigenvalue weighted by Crippen LogP contribution is -2.41. The fraction of sp³-hybridized carbons (Fsp3) is 0.500. The van der Waals surface area contributed by atoms with Crippen molar-refractivity contribution in [3.8, 4) is 0 Å². The summed E-state index contributed by atoms with van der Waals surface area (Å²) in [5.74, 6) is 1.67. The molecular formula is C20H24N4O2S3. The molecule has 0 spiro atoms. The standard InChI is InChI=1S/C20H24N4O2S3/c1-12(2)11-27-20-23-29-19-22-18(25)15(17(21)24(19)20)10-13-8-9-16(26-13)28-14-6-4-3-5-7-14/h8-10,12,14,21H,3-7,11H2,1-2H3/b15-10-,21-17?. The summed E-state index contributed by atoms with van der Waals surface area (Å²) in [5, 5.41) is 11.2. The SMILES string of the molecule is CC(C)CSC1=NSC2=NC(=O)/C(=C\c3ccc(SC4CCCCC4)o3)C(=N)N12. The van der Waals surface area contributed by atoms with Crippen molar-refractivity contribution in [2.75, 3.05) is 5.75 Å². The molecule has 1 aromatic heterocycles. The molecule has 0 saturated heterocycles. The molecule has 0 radical (unpaired) electrons. The highest BCUT2D eigenvalue weighted by atomic mass is 32.2. The maximum Gasteiger partial charge on any atom is 0.283 e. The quantitative estimate of drug-likeness (QED) is 0.462. The van der Waals surface area contributed by atoms with E-state index in [4.69, 9.17) is 9.83 Å². The Hall–Kier alpha value is -1.45. The van der Waals surface area contributed by atoms with Gasteiger partial charge in [-0.1, -0.05) is 56.6 Å². The molecule has 1 N–H and O–H groups in total. The van der Waals surface area contributed by atoms with E-state index >= 15 is 0 Å². The molecule has 1 saturated carbocycles. The number of carbonyl (C=O) groups excluding carboxylic acids is 1. The van der Waals surface area contributed by atoms with Gasteiger partial charge in [0.15, 0.2) is 10.3 Å². The van der Waals surface area contributed by atoms with Gasteiger partial charge in [0.2, 0.25) is 5.17 Å². The van der Waals surface area contributed by atoms with Gasteiger partial charge in [-0.3, -0.25) is 10.2 Å². The van der Waals surface area contributed by atoms with E-state index in [1.165, 1.54) is 32.1 Å². The summed E-state index contributed by atoms with van der Waals surface area (Å²) in [6.07, 6.45) is 7.98. The predicted molar refractivity (Wildman–Crippen MR) is 124 cm³/mol. The number of hydrogen-bond acceptors (Lipinski definition) is 7. The predicted octanol–water partition coefficient (Wildman–Crippen LogP) is 5.67. The number of hydrogen-bond donors (Lipinski definition) is 1. The lowest BCUT2D eigenvalue weighted by atomic mass is 10.0. The van der Waals surface area contributed by atoms with E-state index in [2.05, 4.69) is 23.2 Å². The molecule has 0 unspecified atom stereocenters. The Morgan fingerprint density at radius 1 is 1.34 bits per heavy atom. The second-order valence-corrected chi connectivity index (χ2v) is 10.7. The monoisotopic (exact) mass is 448 g/mol. The van der Waals surface area contributed by atoms with Gasteiger partial charge in [0.1, 0.15) is 11.6 Å². The number of rotatable bonds is 5. The van der Waals surface area contributed by atoms with Crippen LogP contribution in [0.15, 0.2) is 36.6 Å². The van der Waals surface area contributed by atoms with Gasteiger partial charge in [-0.15, -0.1) is 0 Å². The zero-order valence-corrected chi connectivity index (χ0v) is 19.0. The first-order valence-corrected chi connectivity index (χ1v) is 12.5. The number of carbonyl (C=O) groups is 1. The second-order valence-electron chi connectivity index (χ2n) is 7.65. The fourth-order valence-corrected chi connectivity index (χ4v) is 6.28. The average molecular weight is 449 g/mol. The third kappa shape index (κ3) is 4.83. The maximum atomic E-state index is 12.5. The van der Waals surface area contributed by atoms with Gasteiger partial charge >= 0.3 is 0 Å². The van der Waals surface area contributed by atoms with Crippen molar-refractivity contribution >= 4 is 63.6 Å². The van der Waals surface area contributed by atoms with Gasteiger partial charge in [0.05, 0.1) is 17.5 Å². The lowest BCUT2D eigenvalue weighted by Gasteiger charge is -2.24. The van der Waals surface area contributed by atoms with Crippen molar-refractivity contribution in [2.45, 2.75) is 56.3 Å². The Bertz CT molecular complexity index is 897. The van der Waals surface area contributed by atoms with Crippen molar-refractivity contribution in [1.82, 2.24) is 4.90 Å². The second kappa shape index (κ2) is 9.14. The minimum atomic E-state index is -0.419. The summed E-state index contributed by atoms with van der Waals surface area (Å²) in [7, 11) is 0. The highest BCUT2D eigenvalue weighted by Gasteiger charge is 2.37. The Morgan fingerprint density at radius 3 is 2.90 bits per heavy atom. The Balaban J connectivity index is 1.49. The summed E-state index contributed by atoms with van der Waals surface area (Å²) in [6, 6.07) is 3.81. The first-order chi connectivity index (χ1) is 14.0. The topological polar surface area (TPSA) is 82.0 Å². The van der Waals surface area contributed by atoms with E-state index in [-0.39, 0.29) is 11.4 Å². The van der Waals surface area contributed by atoms with Gasteiger partial charge < -0.3 is 4.42 Å². The van der Waals surface area contributed by atoms with E-state index in [1.54, 1.807) is 34.5 Å². The summed E-state index contributed by atoms with van der Waals surface area (Å²) in [5.41, 5.74) is 0.234. The van der Waals surface area contributed by atoms with E-state index in [0.29, 0.717) is 27.3 Å². The largest absolute Gasteiger partial charge is 0.450 e. The van der Waals surface area contributed by atoms with Crippen LogP contribution in [-0.4, -0.2) is 38.0 Å². The molecule has 9 heteroatoms. The normalized spacial score (nSPS) is 21.8. The van der Waals surface area contributed by atoms with Crippen LogP contribution in [0.3, 0.4) is 0 Å². The number of aliphatic imine (C=N–C) groups is 1. The molecule has 1 fully saturated rings. The van der Waals surface area contributed by atoms with Crippen LogP contribution in [-0.2, 0) is 4.79 Å². The minimum absolute atomic E-state index is 0.109. The van der Waals surface area contributed by atoms with Crippen LogP contribution < -0.4 is 0 Å². The molecule has 2 aliphatic heterocycles. The minimum Gasteiger partial charge on any atom is -0.450 e. The molecule has 4 rings (SSSR count). The lowest BCUT2D eigenvalue weighted by molar-refractivity contribution is -0.114. The number of nitrogens with zero attached hydrogens (tertiary/aromatic N) is 3. The van der Waals surface area contributed by atoms with Crippen LogP contribution in [0.5, 0.6) is 0 Å². The highest BCUT2D eigenvalue weighted by molar-refractivity contribution is 8.19. The summed E-state index contributed by atoms with van der Waals surface area (Å²) in [6.45, 7) is 4.28. The van der Waals surface area contributed by atoms with Crippen molar-refractivity contribution in [1.29, 1.82) is 5.41 Å². The van der Waals surface area contributed by atoms with E-state index in [0.717, 1.165) is 22.8 Å². The molecule has 154 valence electrons. The number of furan rings is 1. The van der Waals surface area contributed by atoms with Crippen LogP contribution in [0, 0.1) is 11.3 Å². The number of nitrogens with one attached hydrogen (secondary N) is 1. The van der Waals surface area contributed by atoms with E-state index in [1.807, 2.05) is 12.1 Å². The maximum absolute atomic E-state index is 12.5.